The molecule has 0 aromatic rings. The lowest BCUT2D eigenvalue weighted by atomic mass is 10.4. The molecular weight excluding hydrogens is 148 g/mol. The van der Waals surface area contributed by atoms with Crippen LogP contribution in [0, 0.1) is 0 Å². The number of nitrogens with two attached hydrogens (primary N) is 2. The molecule has 4 nitrogen and oxygen atoms in total. The molecule has 5 heteroatoms. The number of hydrogen-bond acceptors (Lipinski definition) is 2. The van der Waals surface area contributed by atoms with Gasteiger partial charge >= 0.3 is 6.03 Å². The Kier molecular flexibility index (Phi) is 6.20. The largest absolute Gasteiger partial charge is 0.417 e. The van der Waals surface area contributed by atoms with Gasteiger partial charge in [-0.05, 0) is 12.5 Å². The van der Waals surface area contributed by atoms with Crippen LogP contribution < -0.4 is 11.5 Å². The van der Waals surface area contributed by atoms with Gasteiger partial charge in [0.05, 0.1) is 0 Å². The molecule has 58 valence electrons. The van der Waals surface area contributed by atoms with Gasteiger partial charge in [-0.2, -0.15) is 0 Å². The van der Waals surface area contributed by atoms with Gasteiger partial charge in [0.1, 0.15) is 0 Å². The van der Waals surface area contributed by atoms with E-state index in [1.165, 1.54) is 18.9 Å². The standard InChI is InChI=1S/C4H8OSi.CH4N2O/c1-2-4-6-5-3-1;2-1(3)4/h1-4H2;(H4,2,3,4). The molecule has 0 aliphatic carbocycles. The third-order valence-electron chi connectivity index (χ3n) is 0.877. The van der Waals surface area contributed by atoms with Gasteiger partial charge in [0.15, 0.2) is 0 Å². The zero-order chi connectivity index (χ0) is 7.82. The molecule has 1 aliphatic rings. The van der Waals surface area contributed by atoms with Crippen LogP contribution in [0.5, 0.6) is 0 Å². The first-order valence-corrected chi connectivity index (χ1v) is 4.24. The first kappa shape index (κ1) is 9.45. The Morgan fingerprint density at radius 2 is 2.00 bits per heavy atom. The number of rotatable bonds is 0. The molecule has 0 bridgehead atoms. The van der Waals surface area contributed by atoms with Crippen molar-refractivity contribution in [1.82, 2.24) is 0 Å². The minimum atomic E-state index is -0.833. The van der Waals surface area contributed by atoms with Gasteiger partial charge in [0.2, 0.25) is 9.76 Å². The predicted molar refractivity (Wildman–Crippen MR) is 39.5 cm³/mol. The molecule has 1 saturated heterocycles. The minimum absolute atomic E-state index is 0.802. The van der Waals surface area contributed by atoms with E-state index in [4.69, 9.17) is 9.22 Å². The first-order chi connectivity index (χ1) is 4.73. The van der Waals surface area contributed by atoms with Gasteiger partial charge in [0, 0.05) is 6.61 Å². The zero-order valence-corrected chi connectivity index (χ0v) is 6.80. The van der Waals surface area contributed by atoms with E-state index in [-0.39, 0.29) is 0 Å². The number of urea groups is 1. The summed E-state index contributed by atoms with van der Waals surface area (Å²) in [4.78, 5) is 9.00. The van der Waals surface area contributed by atoms with Crippen LogP contribution in [0.4, 0.5) is 4.79 Å². The Balaban J connectivity index is 0.000000180. The first-order valence-electron chi connectivity index (χ1n) is 3.13. The lowest BCUT2D eigenvalue weighted by Crippen LogP contribution is -2.18. The highest BCUT2D eigenvalue weighted by molar-refractivity contribution is 6.27. The Morgan fingerprint density at radius 3 is 2.10 bits per heavy atom. The average molecular weight is 160 g/mol. The van der Waals surface area contributed by atoms with Crippen molar-refractivity contribution in [1.29, 1.82) is 0 Å². The maximum Gasteiger partial charge on any atom is 0.309 e. The summed E-state index contributed by atoms with van der Waals surface area (Å²) in [6, 6.07) is 0.472. The molecule has 0 atom stereocenters. The van der Waals surface area contributed by atoms with E-state index < -0.39 is 6.03 Å². The third-order valence-corrected chi connectivity index (χ3v) is 1.84. The Labute approximate surface area is 62.9 Å². The normalized spacial score (nSPS) is 16.8. The number of primary amides is 2. The fourth-order valence-corrected chi connectivity index (χ4v) is 1.34. The molecular formula is C5H12N2O2Si. The molecule has 10 heavy (non-hydrogen) atoms. The molecule has 2 amide bonds. The van der Waals surface area contributed by atoms with Crippen LogP contribution in [0.1, 0.15) is 12.8 Å². The van der Waals surface area contributed by atoms with Crippen molar-refractivity contribution in [2.75, 3.05) is 6.61 Å². The maximum absolute atomic E-state index is 9.00. The molecule has 4 N–H and O–H groups in total. The Bertz CT molecular complexity index is 80.1. The van der Waals surface area contributed by atoms with Crippen molar-refractivity contribution in [2.24, 2.45) is 11.5 Å². The van der Waals surface area contributed by atoms with Crippen molar-refractivity contribution in [3.8, 4) is 0 Å². The van der Waals surface area contributed by atoms with E-state index >= 15 is 0 Å². The minimum Gasteiger partial charge on any atom is -0.417 e. The van der Waals surface area contributed by atoms with E-state index in [2.05, 4.69) is 11.5 Å². The Hall–Kier alpha value is -0.553. The lowest BCUT2D eigenvalue weighted by molar-refractivity contribution is 0.256. The molecule has 1 fully saturated rings. The monoisotopic (exact) mass is 160 g/mol. The molecule has 0 spiro atoms. The summed E-state index contributed by atoms with van der Waals surface area (Å²) >= 11 is 0. The molecule has 1 heterocycles. The fourth-order valence-electron chi connectivity index (χ4n) is 0.516. The van der Waals surface area contributed by atoms with E-state index in [1.54, 1.807) is 0 Å². The van der Waals surface area contributed by atoms with Gasteiger partial charge in [-0.25, -0.2) is 4.79 Å². The van der Waals surface area contributed by atoms with Gasteiger partial charge < -0.3 is 15.9 Å². The molecule has 1 aliphatic heterocycles. The molecule has 0 saturated carbocycles. The van der Waals surface area contributed by atoms with Crippen molar-refractivity contribution >= 4 is 15.8 Å². The summed E-state index contributed by atoms with van der Waals surface area (Å²) < 4.78 is 5.10. The van der Waals surface area contributed by atoms with Gasteiger partial charge in [-0.3, -0.25) is 0 Å². The second-order valence-corrected chi connectivity index (χ2v) is 2.93. The van der Waals surface area contributed by atoms with Gasteiger partial charge in [-0.1, -0.05) is 6.42 Å². The number of carbonyl (C=O) groups is 1. The molecule has 2 radical (unpaired) electrons. The highest BCUT2D eigenvalue weighted by Gasteiger charge is 1.97. The van der Waals surface area contributed by atoms with Gasteiger partial charge in [0.25, 0.3) is 0 Å². The third kappa shape index (κ3) is 10.4. The van der Waals surface area contributed by atoms with Gasteiger partial charge in [-0.15, -0.1) is 0 Å². The quantitative estimate of drug-likeness (QED) is 0.484. The summed E-state index contributed by atoms with van der Waals surface area (Å²) in [6.45, 7) is 1.01. The Morgan fingerprint density at radius 1 is 1.40 bits per heavy atom. The number of hydrogen-bond donors (Lipinski definition) is 2. The zero-order valence-electron chi connectivity index (χ0n) is 5.80. The van der Waals surface area contributed by atoms with E-state index in [1.807, 2.05) is 0 Å². The summed E-state index contributed by atoms with van der Waals surface area (Å²) in [5.74, 6) is 0. The topological polar surface area (TPSA) is 78.3 Å². The van der Waals surface area contributed by atoms with Crippen molar-refractivity contribution < 1.29 is 9.22 Å². The molecule has 0 unspecified atom stereocenters. The number of carbonyl (C=O) groups excluding carboxylic acids is 1. The van der Waals surface area contributed by atoms with E-state index in [0.717, 1.165) is 16.4 Å². The maximum atomic E-state index is 9.00. The summed E-state index contributed by atoms with van der Waals surface area (Å²) in [5.41, 5.74) is 8.50. The van der Waals surface area contributed by atoms with E-state index in [0.29, 0.717) is 0 Å². The van der Waals surface area contributed by atoms with Crippen molar-refractivity contribution in [3.63, 3.8) is 0 Å². The second kappa shape index (κ2) is 6.57. The van der Waals surface area contributed by atoms with Crippen molar-refractivity contribution in [3.05, 3.63) is 0 Å². The van der Waals surface area contributed by atoms with E-state index in [9.17, 15) is 0 Å². The molecule has 0 aromatic carbocycles. The SMILES string of the molecule is C1CC[Si]OC1.NC(N)=O. The molecule has 1 rings (SSSR count). The highest BCUT2D eigenvalue weighted by atomic mass is 28.2. The van der Waals surface area contributed by atoms with Crippen molar-refractivity contribution in [2.45, 2.75) is 18.9 Å². The summed E-state index contributed by atoms with van der Waals surface area (Å²) in [7, 11) is 0.802. The fraction of sp³-hybridized carbons (Fsp3) is 0.800. The number of amides is 2. The molecule has 0 aromatic heterocycles. The summed E-state index contributed by atoms with van der Waals surface area (Å²) in [5, 5.41) is 0. The lowest BCUT2D eigenvalue weighted by Gasteiger charge is -2.06. The second-order valence-electron chi connectivity index (χ2n) is 1.85. The van der Waals surface area contributed by atoms with Crippen LogP contribution in [0.25, 0.3) is 0 Å². The van der Waals surface area contributed by atoms with Crippen LogP contribution >= 0.6 is 0 Å². The average Bonchev–Trinajstić information content (AvgIpc) is 1.90. The predicted octanol–water partition coefficient (Wildman–Crippen LogP) is -0.142. The smallest absolute Gasteiger partial charge is 0.309 e. The summed E-state index contributed by atoms with van der Waals surface area (Å²) in [6.07, 6.45) is 2.67. The van der Waals surface area contributed by atoms with Crippen LogP contribution in [-0.2, 0) is 4.43 Å². The highest BCUT2D eigenvalue weighted by Crippen LogP contribution is 2.01. The van der Waals surface area contributed by atoms with Crippen LogP contribution in [0.3, 0.4) is 0 Å². The van der Waals surface area contributed by atoms with Crippen LogP contribution in [0.15, 0.2) is 0 Å². The van der Waals surface area contributed by atoms with Crippen LogP contribution in [0.2, 0.25) is 6.04 Å². The van der Waals surface area contributed by atoms with Crippen LogP contribution in [-0.4, -0.2) is 22.4 Å².